The quantitative estimate of drug-likeness (QED) is 0.850. The maximum atomic E-state index is 11.9. The zero-order valence-corrected chi connectivity index (χ0v) is 12.3. The van der Waals surface area contributed by atoms with Crippen molar-refractivity contribution in [3.8, 4) is 0 Å². The average molecular weight is 313 g/mol. The molecule has 2 aromatic heterocycles. The lowest BCUT2D eigenvalue weighted by Gasteiger charge is -2.26. The molecule has 20 heavy (non-hydrogen) atoms. The molecule has 0 spiro atoms. The summed E-state index contributed by atoms with van der Waals surface area (Å²) < 4.78 is 31.4. The lowest BCUT2D eigenvalue weighted by molar-refractivity contribution is 0.0891. The number of thiophene rings is 1. The third-order valence-electron chi connectivity index (χ3n) is 3.42. The summed E-state index contributed by atoms with van der Waals surface area (Å²) >= 11 is 1.38. The molecule has 2 heterocycles. The minimum Gasteiger partial charge on any atom is -0.472 e. The second kappa shape index (κ2) is 5.00. The Morgan fingerprint density at radius 1 is 1.45 bits per heavy atom. The van der Waals surface area contributed by atoms with Gasteiger partial charge in [-0.2, -0.15) is 0 Å². The summed E-state index contributed by atoms with van der Waals surface area (Å²) in [5.74, 6) is 0. The van der Waals surface area contributed by atoms with Crippen molar-refractivity contribution >= 4 is 21.4 Å². The molecule has 0 bridgehead atoms. The maximum absolute atomic E-state index is 11.9. The summed E-state index contributed by atoms with van der Waals surface area (Å²) in [6.07, 6.45) is 4.28. The van der Waals surface area contributed by atoms with Crippen LogP contribution in [0.25, 0.3) is 0 Å². The van der Waals surface area contributed by atoms with Crippen LogP contribution in [-0.4, -0.2) is 25.3 Å². The van der Waals surface area contributed by atoms with E-state index in [0.29, 0.717) is 23.3 Å². The highest BCUT2D eigenvalue weighted by Crippen LogP contribution is 2.34. The summed E-state index contributed by atoms with van der Waals surface area (Å²) in [5, 5.41) is 12.5. The number of nitrogens with one attached hydrogen (secondary N) is 1. The molecule has 1 aliphatic rings. The van der Waals surface area contributed by atoms with Gasteiger partial charge in [0.25, 0.3) is 0 Å². The first kappa shape index (κ1) is 13.8. The minimum atomic E-state index is -3.34. The third kappa shape index (κ3) is 2.54. The van der Waals surface area contributed by atoms with E-state index in [9.17, 15) is 13.5 Å². The first-order valence-electron chi connectivity index (χ1n) is 6.30. The van der Waals surface area contributed by atoms with Crippen LogP contribution in [0.5, 0.6) is 0 Å². The third-order valence-corrected chi connectivity index (χ3v) is 6.34. The lowest BCUT2D eigenvalue weighted by Crippen LogP contribution is -2.42. The average Bonchev–Trinajstić information content (AvgIpc) is 2.96. The van der Waals surface area contributed by atoms with Crippen LogP contribution in [0.3, 0.4) is 0 Å². The van der Waals surface area contributed by atoms with Crippen LogP contribution < -0.4 is 4.72 Å². The first-order valence-corrected chi connectivity index (χ1v) is 8.72. The number of hydrogen-bond donors (Lipinski definition) is 2. The van der Waals surface area contributed by atoms with E-state index in [-0.39, 0.29) is 11.8 Å². The molecule has 0 aromatic carbocycles. The fourth-order valence-corrected chi connectivity index (χ4v) is 4.29. The van der Waals surface area contributed by atoms with Crippen molar-refractivity contribution in [1.29, 1.82) is 0 Å². The summed E-state index contributed by atoms with van der Waals surface area (Å²) in [6, 6.07) is 5.24. The van der Waals surface area contributed by atoms with Gasteiger partial charge in [0.15, 0.2) is 0 Å². The van der Waals surface area contributed by atoms with Gasteiger partial charge in [-0.3, -0.25) is 0 Å². The van der Waals surface area contributed by atoms with Gasteiger partial charge >= 0.3 is 0 Å². The molecule has 2 N–H and O–H groups in total. The Morgan fingerprint density at radius 2 is 2.25 bits per heavy atom. The monoisotopic (exact) mass is 313 g/mol. The summed E-state index contributed by atoms with van der Waals surface area (Å²) in [6.45, 7) is -0.0914. The van der Waals surface area contributed by atoms with Crippen LogP contribution in [-0.2, 0) is 15.6 Å². The molecule has 0 aliphatic heterocycles. The second-order valence-electron chi connectivity index (χ2n) is 4.92. The van der Waals surface area contributed by atoms with Gasteiger partial charge in [0, 0.05) is 17.0 Å². The van der Waals surface area contributed by atoms with E-state index in [1.54, 1.807) is 12.1 Å². The van der Waals surface area contributed by atoms with Gasteiger partial charge in [-0.05, 0) is 30.4 Å². The van der Waals surface area contributed by atoms with E-state index in [4.69, 9.17) is 4.42 Å². The van der Waals surface area contributed by atoms with E-state index in [0.717, 1.165) is 0 Å². The van der Waals surface area contributed by atoms with Crippen LogP contribution in [0.4, 0.5) is 0 Å². The van der Waals surface area contributed by atoms with Crippen molar-refractivity contribution in [2.75, 3.05) is 6.54 Å². The molecule has 0 saturated heterocycles. The van der Waals surface area contributed by atoms with E-state index in [2.05, 4.69) is 4.72 Å². The zero-order chi connectivity index (χ0) is 14.2. The summed E-state index contributed by atoms with van der Waals surface area (Å²) in [4.78, 5) is 0.678. The molecule has 5 nitrogen and oxygen atoms in total. The summed E-state index contributed by atoms with van der Waals surface area (Å²) in [7, 11) is -3.34. The van der Waals surface area contributed by atoms with Crippen molar-refractivity contribution in [3.05, 3.63) is 46.5 Å². The van der Waals surface area contributed by atoms with Crippen molar-refractivity contribution in [2.24, 2.45) is 0 Å². The highest BCUT2D eigenvalue weighted by molar-refractivity contribution is 7.90. The van der Waals surface area contributed by atoms with Gasteiger partial charge in [-0.1, -0.05) is 6.07 Å². The normalized spacial score (nSPS) is 18.9. The molecule has 1 fully saturated rings. The Morgan fingerprint density at radius 3 is 2.80 bits per heavy atom. The number of sulfonamides is 1. The molecule has 0 amide bonds. The van der Waals surface area contributed by atoms with Gasteiger partial charge in [0.2, 0.25) is 10.0 Å². The Balaban J connectivity index is 1.87. The highest BCUT2D eigenvalue weighted by atomic mass is 32.2. The zero-order valence-electron chi connectivity index (χ0n) is 10.7. The molecule has 7 heteroatoms. The fourth-order valence-electron chi connectivity index (χ4n) is 2.05. The number of aliphatic hydroxyl groups is 1. The predicted molar refractivity (Wildman–Crippen MR) is 76.0 cm³/mol. The highest BCUT2D eigenvalue weighted by Gasteiger charge is 2.40. The molecule has 3 rings (SSSR count). The summed E-state index contributed by atoms with van der Waals surface area (Å²) in [5.41, 5.74) is -0.859. The van der Waals surface area contributed by atoms with Crippen molar-refractivity contribution in [2.45, 2.75) is 23.7 Å². The van der Waals surface area contributed by atoms with E-state index >= 15 is 0 Å². The Kier molecular flexibility index (Phi) is 3.45. The topological polar surface area (TPSA) is 79.5 Å². The van der Waals surface area contributed by atoms with Crippen LogP contribution in [0, 0.1) is 0 Å². The minimum absolute atomic E-state index is 0.0914. The molecule has 1 atom stereocenters. The maximum Gasteiger partial charge on any atom is 0.214 e. The SMILES string of the molecule is O=S(=O)(NC[C@@](O)(c1ccoc1)c1cccs1)C1CC1. The van der Waals surface area contributed by atoms with Gasteiger partial charge in [-0.15, -0.1) is 11.3 Å². The standard InChI is InChI=1S/C13H15NO4S2/c15-13(10-5-6-18-8-10,12-2-1-7-19-12)9-14-20(16,17)11-3-4-11/h1-2,5-8,11,14-15H,3-4,9H2/t13-/m1/s1. The molecule has 1 aliphatic carbocycles. The number of rotatable bonds is 6. The van der Waals surface area contributed by atoms with Crippen molar-refractivity contribution in [1.82, 2.24) is 4.72 Å². The van der Waals surface area contributed by atoms with Crippen LogP contribution in [0.2, 0.25) is 0 Å². The Bertz CT molecular complexity index is 623. The molecular weight excluding hydrogens is 298 g/mol. The largest absolute Gasteiger partial charge is 0.472 e. The molecule has 108 valence electrons. The number of furan rings is 1. The van der Waals surface area contributed by atoms with Crippen LogP contribution in [0.1, 0.15) is 23.3 Å². The van der Waals surface area contributed by atoms with E-state index in [1.807, 2.05) is 11.4 Å². The van der Waals surface area contributed by atoms with Crippen molar-refractivity contribution < 1.29 is 17.9 Å². The van der Waals surface area contributed by atoms with Crippen LogP contribution >= 0.6 is 11.3 Å². The van der Waals surface area contributed by atoms with E-state index in [1.165, 1.54) is 23.9 Å². The Labute approximate surface area is 121 Å². The smallest absolute Gasteiger partial charge is 0.214 e. The lowest BCUT2D eigenvalue weighted by atomic mass is 9.95. The molecule has 2 aromatic rings. The molecule has 1 saturated carbocycles. The number of hydrogen-bond acceptors (Lipinski definition) is 5. The fraction of sp³-hybridized carbons (Fsp3) is 0.385. The first-order chi connectivity index (χ1) is 9.52. The van der Waals surface area contributed by atoms with Gasteiger partial charge in [0.05, 0.1) is 17.8 Å². The molecule has 0 unspecified atom stereocenters. The van der Waals surface area contributed by atoms with E-state index < -0.39 is 15.6 Å². The Hall–Kier alpha value is -1.15. The van der Waals surface area contributed by atoms with Gasteiger partial charge in [-0.25, -0.2) is 13.1 Å². The van der Waals surface area contributed by atoms with Crippen LogP contribution in [0.15, 0.2) is 40.5 Å². The molecule has 0 radical (unpaired) electrons. The predicted octanol–water partition coefficient (Wildman–Crippen LogP) is 1.66. The van der Waals surface area contributed by atoms with Gasteiger partial charge in [0.1, 0.15) is 5.60 Å². The molecular formula is C13H15NO4S2. The van der Waals surface area contributed by atoms with Gasteiger partial charge < -0.3 is 9.52 Å². The van der Waals surface area contributed by atoms with Crippen molar-refractivity contribution in [3.63, 3.8) is 0 Å². The second-order valence-corrected chi connectivity index (χ2v) is 7.91.